The lowest BCUT2D eigenvalue weighted by Gasteiger charge is -2.30. The summed E-state index contributed by atoms with van der Waals surface area (Å²) in [5, 5.41) is 2.85. The molecule has 1 aromatic heterocycles. The smallest absolute Gasteiger partial charge is 0.223 e. The van der Waals surface area contributed by atoms with Crippen LogP contribution in [0, 0.1) is 18.3 Å². The van der Waals surface area contributed by atoms with Gasteiger partial charge in [0, 0.05) is 19.5 Å². The summed E-state index contributed by atoms with van der Waals surface area (Å²) in [6.07, 6.45) is 4.57. The molecule has 0 radical (unpaired) electrons. The van der Waals surface area contributed by atoms with Gasteiger partial charge in [-0.15, -0.1) is 0 Å². The Morgan fingerprint density at radius 1 is 1.50 bits per heavy atom. The van der Waals surface area contributed by atoms with E-state index in [9.17, 15) is 4.79 Å². The maximum Gasteiger partial charge on any atom is 0.223 e. The average molecular weight is 276 g/mol. The topological polar surface area (TPSA) is 45.5 Å². The number of nitrogens with one attached hydrogen (secondary N) is 1. The van der Waals surface area contributed by atoms with Gasteiger partial charge in [-0.1, -0.05) is 6.42 Å². The van der Waals surface area contributed by atoms with Crippen LogP contribution in [0.4, 0.5) is 0 Å². The molecule has 1 aliphatic carbocycles. The number of likely N-dealkylation sites (tertiary alicyclic amines) is 1. The number of hydrogen-bond donors (Lipinski definition) is 1. The minimum absolute atomic E-state index is 0.204. The van der Waals surface area contributed by atoms with Crippen LogP contribution in [0.25, 0.3) is 0 Å². The molecule has 0 bridgehead atoms. The van der Waals surface area contributed by atoms with Gasteiger partial charge in [0.2, 0.25) is 5.91 Å². The zero-order valence-electron chi connectivity index (χ0n) is 12.4. The Morgan fingerprint density at radius 2 is 2.35 bits per heavy atom. The van der Waals surface area contributed by atoms with Gasteiger partial charge in [-0.3, -0.25) is 9.69 Å². The van der Waals surface area contributed by atoms with Crippen molar-refractivity contribution in [1.82, 2.24) is 10.2 Å². The molecular formula is C16H24N2O2. The molecule has 2 heterocycles. The number of rotatable bonds is 3. The lowest BCUT2D eigenvalue weighted by Crippen LogP contribution is -2.39. The summed E-state index contributed by atoms with van der Waals surface area (Å²) in [6, 6.07) is 4.08. The highest BCUT2D eigenvalue weighted by Gasteiger charge is 2.49. The Hall–Kier alpha value is -1.29. The highest BCUT2D eigenvalue weighted by Crippen LogP contribution is 2.50. The minimum atomic E-state index is 0.204. The molecule has 3 rings (SSSR count). The van der Waals surface area contributed by atoms with E-state index in [4.69, 9.17) is 4.42 Å². The molecule has 1 spiro atoms. The number of carbonyl (C=O) groups excluding carboxylic acids is 1. The first-order chi connectivity index (χ1) is 9.63. The largest absolute Gasteiger partial charge is 0.465 e. The van der Waals surface area contributed by atoms with Crippen molar-refractivity contribution in [3.63, 3.8) is 0 Å². The number of furan rings is 1. The zero-order valence-corrected chi connectivity index (χ0v) is 12.4. The van der Waals surface area contributed by atoms with E-state index >= 15 is 0 Å². The van der Waals surface area contributed by atoms with Crippen molar-refractivity contribution in [2.24, 2.45) is 11.3 Å². The molecule has 4 nitrogen and oxygen atoms in total. The Kier molecular flexibility index (Phi) is 3.59. The van der Waals surface area contributed by atoms with Gasteiger partial charge < -0.3 is 9.73 Å². The van der Waals surface area contributed by atoms with E-state index in [2.05, 4.69) is 16.3 Å². The second-order valence-corrected chi connectivity index (χ2v) is 6.39. The van der Waals surface area contributed by atoms with Crippen LogP contribution < -0.4 is 5.32 Å². The van der Waals surface area contributed by atoms with Crippen molar-refractivity contribution >= 4 is 5.91 Å². The normalized spacial score (nSPS) is 30.2. The predicted molar refractivity (Wildman–Crippen MR) is 77.2 cm³/mol. The molecule has 1 amide bonds. The number of aryl methyl sites for hydroxylation is 1. The van der Waals surface area contributed by atoms with Crippen LogP contribution in [-0.2, 0) is 11.3 Å². The van der Waals surface area contributed by atoms with Crippen LogP contribution in [-0.4, -0.2) is 30.9 Å². The quantitative estimate of drug-likeness (QED) is 0.921. The predicted octanol–water partition coefficient (Wildman–Crippen LogP) is 2.33. The first-order valence-electron chi connectivity index (χ1n) is 7.62. The molecule has 1 saturated carbocycles. The third-order valence-electron chi connectivity index (χ3n) is 5.11. The van der Waals surface area contributed by atoms with Crippen molar-refractivity contribution in [2.45, 2.75) is 39.2 Å². The summed E-state index contributed by atoms with van der Waals surface area (Å²) in [7, 11) is 1.76. The molecule has 4 heteroatoms. The zero-order chi connectivity index (χ0) is 14.2. The van der Waals surface area contributed by atoms with Crippen molar-refractivity contribution in [1.29, 1.82) is 0 Å². The summed E-state index contributed by atoms with van der Waals surface area (Å²) in [5.41, 5.74) is 0.210. The number of hydrogen-bond acceptors (Lipinski definition) is 3. The summed E-state index contributed by atoms with van der Waals surface area (Å²) in [4.78, 5) is 14.5. The molecule has 1 saturated heterocycles. The fraction of sp³-hybridized carbons (Fsp3) is 0.688. The van der Waals surface area contributed by atoms with Crippen molar-refractivity contribution in [2.75, 3.05) is 20.1 Å². The highest BCUT2D eigenvalue weighted by molar-refractivity contribution is 5.79. The standard InChI is InChI=1S/C16H24N2O2/c1-12-5-6-13(20-12)10-18-9-8-16(11-18)7-3-4-14(16)15(19)17-2/h5-6,14H,3-4,7-11H2,1-2H3,(H,17,19)/t14-,16-/m1/s1. The van der Waals surface area contributed by atoms with Gasteiger partial charge in [-0.05, 0) is 50.3 Å². The van der Waals surface area contributed by atoms with Crippen LogP contribution in [0.5, 0.6) is 0 Å². The molecule has 1 N–H and O–H groups in total. The minimum Gasteiger partial charge on any atom is -0.465 e. The van der Waals surface area contributed by atoms with Gasteiger partial charge in [0.15, 0.2) is 0 Å². The first-order valence-corrected chi connectivity index (χ1v) is 7.62. The Morgan fingerprint density at radius 3 is 3.05 bits per heavy atom. The van der Waals surface area contributed by atoms with Crippen LogP contribution in [0.1, 0.15) is 37.2 Å². The van der Waals surface area contributed by atoms with Gasteiger partial charge >= 0.3 is 0 Å². The summed E-state index contributed by atoms with van der Waals surface area (Å²) in [5.74, 6) is 2.45. The molecule has 2 fully saturated rings. The lowest BCUT2D eigenvalue weighted by molar-refractivity contribution is -0.127. The third-order valence-corrected chi connectivity index (χ3v) is 5.11. The van der Waals surface area contributed by atoms with Gasteiger partial charge in [0.05, 0.1) is 6.54 Å². The summed E-state index contributed by atoms with van der Waals surface area (Å²) < 4.78 is 5.67. The van der Waals surface area contributed by atoms with Crippen LogP contribution in [0.2, 0.25) is 0 Å². The van der Waals surface area contributed by atoms with E-state index < -0.39 is 0 Å². The third kappa shape index (κ3) is 2.37. The monoisotopic (exact) mass is 276 g/mol. The lowest BCUT2D eigenvalue weighted by atomic mass is 9.76. The SMILES string of the molecule is CNC(=O)[C@H]1CCC[C@]12CCN(Cc1ccc(C)o1)C2. The van der Waals surface area contributed by atoms with E-state index in [1.54, 1.807) is 7.05 Å². The molecule has 1 aromatic rings. The molecule has 0 unspecified atom stereocenters. The van der Waals surface area contributed by atoms with Gasteiger partial charge in [0.1, 0.15) is 11.5 Å². The number of carbonyl (C=O) groups is 1. The van der Waals surface area contributed by atoms with E-state index in [1.165, 1.54) is 12.8 Å². The maximum atomic E-state index is 12.1. The Bertz CT molecular complexity index is 496. The summed E-state index contributed by atoms with van der Waals surface area (Å²) >= 11 is 0. The molecule has 0 aromatic carbocycles. The highest BCUT2D eigenvalue weighted by atomic mass is 16.3. The molecule has 20 heavy (non-hydrogen) atoms. The number of nitrogens with zero attached hydrogens (tertiary/aromatic N) is 1. The fourth-order valence-electron chi connectivity index (χ4n) is 4.12. The average Bonchev–Trinajstić information content (AvgIpc) is 3.13. The second kappa shape index (κ2) is 5.24. The molecule has 1 aliphatic heterocycles. The maximum absolute atomic E-state index is 12.1. The molecular weight excluding hydrogens is 252 g/mol. The van der Waals surface area contributed by atoms with Gasteiger partial charge in [-0.2, -0.15) is 0 Å². The first kappa shape index (κ1) is 13.7. The van der Waals surface area contributed by atoms with Gasteiger partial charge in [0.25, 0.3) is 0 Å². The van der Waals surface area contributed by atoms with E-state index in [0.29, 0.717) is 0 Å². The fourth-order valence-corrected chi connectivity index (χ4v) is 4.12. The van der Waals surface area contributed by atoms with Crippen molar-refractivity contribution in [3.8, 4) is 0 Å². The Labute approximate surface area is 120 Å². The van der Waals surface area contributed by atoms with Crippen LogP contribution in [0.15, 0.2) is 16.5 Å². The van der Waals surface area contributed by atoms with Crippen LogP contribution >= 0.6 is 0 Å². The van der Waals surface area contributed by atoms with E-state index in [-0.39, 0.29) is 17.2 Å². The molecule has 2 aliphatic rings. The molecule has 2 atom stereocenters. The molecule has 110 valence electrons. The van der Waals surface area contributed by atoms with E-state index in [1.807, 2.05) is 13.0 Å². The number of amides is 1. The summed E-state index contributed by atoms with van der Waals surface area (Å²) in [6.45, 7) is 4.96. The van der Waals surface area contributed by atoms with E-state index in [0.717, 1.165) is 44.0 Å². The second-order valence-electron chi connectivity index (χ2n) is 6.39. The van der Waals surface area contributed by atoms with Gasteiger partial charge in [-0.25, -0.2) is 0 Å². The van der Waals surface area contributed by atoms with Crippen molar-refractivity contribution in [3.05, 3.63) is 23.7 Å². The Balaban J connectivity index is 1.67. The van der Waals surface area contributed by atoms with Crippen LogP contribution in [0.3, 0.4) is 0 Å². The van der Waals surface area contributed by atoms with Crippen molar-refractivity contribution < 1.29 is 9.21 Å².